The summed E-state index contributed by atoms with van der Waals surface area (Å²) in [6.07, 6.45) is 5.92. The first-order valence-electron chi connectivity index (χ1n) is 10.8. The van der Waals surface area contributed by atoms with E-state index in [1.807, 2.05) is 44.2 Å². The van der Waals surface area contributed by atoms with Crippen LogP contribution in [0.2, 0.25) is 0 Å². The van der Waals surface area contributed by atoms with Gasteiger partial charge in [-0.25, -0.2) is 4.99 Å². The number of hydrogen-bond acceptors (Lipinski definition) is 5. The molecular weight excluding hydrogens is 420 g/mol. The third-order valence-electron chi connectivity index (χ3n) is 5.77. The van der Waals surface area contributed by atoms with Crippen LogP contribution in [0.1, 0.15) is 50.3 Å². The molecule has 1 amide bonds. The van der Waals surface area contributed by atoms with Gasteiger partial charge in [-0.2, -0.15) is 0 Å². The van der Waals surface area contributed by atoms with Crippen LogP contribution in [0.25, 0.3) is 0 Å². The molecule has 0 bridgehead atoms. The molecule has 1 N–H and O–H groups in total. The van der Waals surface area contributed by atoms with Gasteiger partial charge in [-0.1, -0.05) is 17.7 Å². The van der Waals surface area contributed by atoms with Gasteiger partial charge in [-0.05, 0) is 74.9 Å². The summed E-state index contributed by atoms with van der Waals surface area (Å²) in [7, 11) is 3.26. The molecule has 1 heterocycles. The van der Waals surface area contributed by atoms with Crippen LogP contribution in [0.15, 0.2) is 41.4 Å². The number of carbonyl (C=O) groups is 1. The second-order valence-electron chi connectivity index (χ2n) is 8.03. The lowest BCUT2D eigenvalue weighted by Gasteiger charge is -2.14. The molecular formula is C26H28N2O3S. The number of aliphatic imine (C=N–C) groups is 1. The topological polar surface area (TPSA) is 59.9 Å². The number of aryl methyl sites for hydroxylation is 3. The fourth-order valence-electron chi connectivity index (χ4n) is 4.08. The van der Waals surface area contributed by atoms with E-state index in [1.54, 1.807) is 31.8 Å². The average Bonchev–Trinajstić information content (AvgIpc) is 3.17. The van der Waals surface area contributed by atoms with E-state index in [1.165, 1.54) is 10.4 Å². The number of nitrogens with zero attached hydrogens (tertiary/aromatic N) is 1. The fraction of sp³-hybridized carbons (Fsp3) is 0.308. The van der Waals surface area contributed by atoms with Crippen molar-refractivity contribution < 1.29 is 14.3 Å². The van der Waals surface area contributed by atoms with E-state index in [0.717, 1.165) is 58.8 Å². The second kappa shape index (κ2) is 9.57. The van der Waals surface area contributed by atoms with Crippen molar-refractivity contribution in [2.45, 2.75) is 39.5 Å². The third-order valence-corrected chi connectivity index (χ3v) is 6.97. The quantitative estimate of drug-likeness (QED) is 0.453. The Bertz CT molecular complexity index is 1180. The number of nitrogens with one attached hydrogen (secondary N) is 1. The highest BCUT2D eigenvalue weighted by Gasteiger charge is 2.25. The third kappa shape index (κ3) is 4.55. The van der Waals surface area contributed by atoms with Gasteiger partial charge < -0.3 is 14.8 Å². The maximum atomic E-state index is 13.4. The number of anilines is 1. The number of methoxy groups -OCH3 is 2. The molecule has 0 saturated carbocycles. The minimum Gasteiger partial charge on any atom is -0.497 e. The number of hydrogen-bond donors (Lipinski definition) is 1. The summed E-state index contributed by atoms with van der Waals surface area (Å²) in [6, 6.07) is 11.6. The van der Waals surface area contributed by atoms with E-state index in [-0.39, 0.29) is 5.91 Å². The molecule has 0 fully saturated rings. The number of rotatable bonds is 6. The maximum Gasteiger partial charge on any atom is 0.259 e. The van der Waals surface area contributed by atoms with Crippen molar-refractivity contribution in [2.24, 2.45) is 4.99 Å². The molecule has 5 nitrogen and oxygen atoms in total. The SMILES string of the molecule is COc1ccc(OC)c(/C=N/c2sc3c(c2C(=O)Nc2ccc(C)cc2C)CCCC3)c1. The lowest BCUT2D eigenvalue weighted by atomic mass is 9.95. The van der Waals surface area contributed by atoms with Gasteiger partial charge >= 0.3 is 0 Å². The molecule has 2 aromatic carbocycles. The molecule has 1 aromatic heterocycles. The largest absolute Gasteiger partial charge is 0.497 e. The summed E-state index contributed by atoms with van der Waals surface area (Å²) in [4.78, 5) is 19.4. The Morgan fingerprint density at radius 1 is 1.06 bits per heavy atom. The zero-order valence-electron chi connectivity index (χ0n) is 19.0. The van der Waals surface area contributed by atoms with E-state index in [9.17, 15) is 4.79 Å². The van der Waals surface area contributed by atoms with Gasteiger partial charge in [0, 0.05) is 22.3 Å². The van der Waals surface area contributed by atoms with Gasteiger partial charge in [0.2, 0.25) is 0 Å². The number of ether oxygens (including phenoxy) is 2. The van der Waals surface area contributed by atoms with E-state index < -0.39 is 0 Å². The van der Waals surface area contributed by atoms with Crippen LogP contribution in [-0.2, 0) is 12.8 Å². The zero-order chi connectivity index (χ0) is 22.7. The van der Waals surface area contributed by atoms with Crippen molar-refractivity contribution in [3.05, 3.63) is 69.1 Å². The van der Waals surface area contributed by atoms with Gasteiger partial charge in [0.25, 0.3) is 5.91 Å². The van der Waals surface area contributed by atoms with Crippen LogP contribution in [-0.4, -0.2) is 26.3 Å². The first-order chi connectivity index (χ1) is 15.5. The highest BCUT2D eigenvalue weighted by atomic mass is 32.1. The van der Waals surface area contributed by atoms with Crippen LogP contribution in [0, 0.1) is 13.8 Å². The Morgan fingerprint density at radius 2 is 1.88 bits per heavy atom. The summed E-state index contributed by atoms with van der Waals surface area (Å²) >= 11 is 1.62. The number of benzene rings is 2. The number of carbonyl (C=O) groups excluding carboxylic acids is 1. The van der Waals surface area contributed by atoms with Gasteiger partial charge in [0.1, 0.15) is 16.5 Å². The summed E-state index contributed by atoms with van der Waals surface area (Å²) in [5, 5.41) is 3.86. The molecule has 3 aromatic rings. The van der Waals surface area contributed by atoms with Crippen molar-refractivity contribution in [2.75, 3.05) is 19.5 Å². The van der Waals surface area contributed by atoms with Gasteiger partial charge in [0.05, 0.1) is 19.8 Å². The summed E-state index contributed by atoms with van der Waals surface area (Å²) in [5.74, 6) is 1.34. The van der Waals surface area contributed by atoms with Crippen molar-refractivity contribution >= 4 is 34.1 Å². The summed E-state index contributed by atoms with van der Waals surface area (Å²) < 4.78 is 10.8. The van der Waals surface area contributed by atoms with Gasteiger partial charge in [-0.15, -0.1) is 11.3 Å². The van der Waals surface area contributed by atoms with Crippen LogP contribution in [0.4, 0.5) is 10.7 Å². The second-order valence-corrected chi connectivity index (χ2v) is 9.11. The molecule has 166 valence electrons. The van der Waals surface area contributed by atoms with Crippen LogP contribution >= 0.6 is 11.3 Å². The fourth-order valence-corrected chi connectivity index (χ4v) is 5.31. The molecule has 0 aliphatic heterocycles. The van der Waals surface area contributed by atoms with E-state index in [2.05, 4.69) is 11.4 Å². The Balaban J connectivity index is 1.71. The lowest BCUT2D eigenvalue weighted by Crippen LogP contribution is -2.15. The molecule has 0 spiro atoms. The number of thiophene rings is 1. The molecule has 1 aliphatic carbocycles. The lowest BCUT2D eigenvalue weighted by molar-refractivity contribution is 0.102. The van der Waals surface area contributed by atoms with Crippen LogP contribution in [0.3, 0.4) is 0 Å². The van der Waals surface area contributed by atoms with Crippen molar-refractivity contribution in [1.29, 1.82) is 0 Å². The normalized spacial score (nSPS) is 13.1. The number of amides is 1. The summed E-state index contributed by atoms with van der Waals surface area (Å²) in [5.41, 5.74) is 5.70. The minimum atomic E-state index is -0.0962. The van der Waals surface area contributed by atoms with E-state index in [0.29, 0.717) is 11.3 Å². The molecule has 0 atom stereocenters. The minimum absolute atomic E-state index is 0.0962. The Hall–Kier alpha value is -3.12. The van der Waals surface area contributed by atoms with Gasteiger partial charge in [-0.3, -0.25) is 4.79 Å². The van der Waals surface area contributed by atoms with Gasteiger partial charge in [0.15, 0.2) is 0 Å². The highest BCUT2D eigenvalue weighted by Crippen LogP contribution is 2.40. The smallest absolute Gasteiger partial charge is 0.259 e. The Kier molecular flexibility index (Phi) is 6.61. The molecule has 1 aliphatic rings. The standard InChI is InChI=1S/C26H28N2O3S/c1-16-9-11-21(17(2)13-16)28-25(29)24-20-7-5-6-8-23(20)32-26(24)27-15-18-14-19(30-3)10-12-22(18)31-4/h9-15H,5-8H2,1-4H3,(H,28,29)/b27-15+. The van der Waals surface area contributed by atoms with Crippen LogP contribution in [0.5, 0.6) is 11.5 Å². The van der Waals surface area contributed by atoms with E-state index in [4.69, 9.17) is 14.5 Å². The summed E-state index contributed by atoms with van der Waals surface area (Å²) in [6.45, 7) is 4.06. The van der Waals surface area contributed by atoms with Crippen LogP contribution < -0.4 is 14.8 Å². The predicted octanol–water partition coefficient (Wildman–Crippen LogP) is 6.26. The molecule has 4 rings (SSSR count). The Morgan fingerprint density at radius 3 is 2.62 bits per heavy atom. The predicted molar refractivity (Wildman–Crippen MR) is 132 cm³/mol. The molecule has 6 heteroatoms. The average molecular weight is 449 g/mol. The monoisotopic (exact) mass is 448 g/mol. The Labute approximate surface area is 193 Å². The first kappa shape index (κ1) is 22.1. The molecule has 0 radical (unpaired) electrons. The van der Waals surface area contributed by atoms with E-state index >= 15 is 0 Å². The molecule has 0 saturated heterocycles. The van der Waals surface area contributed by atoms with Crippen molar-refractivity contribution in [3.8, 4) is 11.5 Å². The highest BCUT2D eigenvalue weighted by molar-refractivity contribution is 7.16. The zero-order valence-corrected chi connectivity index (χ0v) is 19.8. The number of fused-ring (bicyclic) bond motifs is 1. The maximum absolute atomic E-state index is 13.4. The van der Waals surface area contributed by atoms with Crippen molar-refractivity contribution in [3.63, 3.8) is 0 Å². The molecule has 0 unspecified atom stereocenters. The van der Waals surface area contributed by atoms with Crippen molar-refractivity contribution in [1.82, 2.24) is 0 Å². The molecule has 32 heavy (non-hydrogen) atoms. The first-order valence-corrected chi connectivity index (χ1v) is 11.6.